The highest BCUT2D eigenvalue weighted by atomic mass is 16.2. The maximum absolute atomic E-state index is 13.3. The van der Waals surface area contributed by atoms with E-state index in [1.165, 1.54) is 10.8 Å². The van der Waals surface area contributed by atoms with Gasteiger partial charge in [0.2, 0.25) is 0 Å². The van der Waals surface area contributed by atoms with Gasteiger partial charge in [-0.3, -0.25) is 19.4 Å². The molecule has 158 valence electrons. The van der Waals surface area contributed by atoms with Gasteiger partial charge in [-0.05, 0) is 50.8 Å². The highest BCUT2D eigenvalue weighted by molar-refractivity contribution is 5.97. The van der Waals surface area contributed by atoms with Crippen molar-refractivity contribution in [1.29, 1.82) is 5.41 Å². The molecule has 1 amide bonds. The summed E-state index contributed by atoms with van der Waals surface area (Å²) in [5, 5.41) is 12.2. The number of aromatic nitrogens is 3. The molecule has 0 saturated heterocycles. The average Bonchev–Trinajstić information content (AvgIpc) is 2.74. The van der Waals surface area contributed by atoms with E-state index in [1.54, 1.807) is 16.8 Å². The van der Waals surface area contributed by atoms with E-state index in [1.807, 2.05) is 32.9 Å². The summed E-state index contributed by atoms with van der Waals surface area (Å²) in [6, 6.07) is 5.35. The number of nitrogens with one attached hydrogen (secondary N) is 2. The predicted octanol–water partition coefficient (Wildman–Crippen LogP) is 3.47. The highest BCUT2D eigenvalue weighted by Crippen LogP contribution is 2.20. The molecule has 7 nitrogen and oxygen atoms in total. The fraction of sp³-hybridized carbons (Fsp3) is 0.478. The highest BCUT2D eigenvalue weighted by Gasteiger charge is 2.22. The van der Waals surface area contributed by atoms with Crippen LogP contribution in [0.15, 0.2) is 29.2 Å². The lowest BCUT2D eigenvalue weighted by molar-refractivity contribution is 0.0925. The lowest BCUT2D eigenvalue weighted by Gasteiger charge is -2.24. The second-order valence-electron chi connectivity index (χ2n) is 8.38. The first-order valence-corrected chi connectivity index (χ1v) is 10.8. The third-order valence-electron chi connectivity index (χ3n) is 6.29. The molecule has 4 rings (SSSR count). The molecule has 1 aliphatic rings. The van der Waals surface area contributed by atoms with Gasteiger partial charge in [0.05, 0.1) is 10.9 Å². The number of rotatable bonds is 4. The number of carbonyl (C=O) groups is 1. The monoisotopic (exact) mass is 407 g/mol. The fourth-order valence-electron chi connectivity index (χ4n) is 4.35. The molecule has 1 saturated carbocycles. The van der Waals surface area contributed by atoms with Gasteiger partial charge >= 0.3 is 0 Å². The first-order valence-electron chi connectivity index (χ1n) is 10.8. The summed E-state index contributed by atoms with van der Waals surface area (Å²) in [6.45, 7) is 5.92. The molecule has 1 atom stereocenters. The number of fused-ring (bicyclic) bond motifs is 2. The number of carbonyl (C=O) groups excluding carboxylic acids is 1. The van der Waals surface area contributed by atoms with Crippen LogP contribution >= 0.6 is 0 Å². The van der Waals surface area contributed by atoms with Crippen LogP contribution in [0.4, 0.5) is 0 Å². The lowest BCUT2D eigenvalue weighted by Crippen LogP contribution is -2.41. The van der Waals surface area contributed by atoms with Crippen molar-refractivity contribution < 1.29 is 4.79 Å². The largest absolute Gasteiger partial charge is 0.349 e. The van der Waals surface area contributed by atoms with E-state index < -0.39 is 0 Å². The minimum atomic E-state index is -0.278. The molecule has 30 heavy (non-hydrogen) atoms. The molecule has 0 radical (unpaired) electrons. The van der Waals surface area contributed by atoms with Crippen molar-refractivity contribution in [1.82, 2.24) is 19.3 Å². The Labute approximate surface area is 175 Å². The first kappa shape index (κ1) is 20.3. The normalized spacial score (nSPS) is 16.1. The van der Waals surface area contributed by atoms with Crippen LogP contribution in [0.3, 0.4) is 0 Å². The van der Waals surface area contributed by atoms with Crippen LogP contribution in [0.1, 0.15) is 74.3 Å². The van der Waals surface area contributed by atoms with Crippen molar-refractivity contribution in [2.45, 2.75) is 71.4 Å². The van der Waals surface area contributed by atoms with Crippen LogP contribution in [0.5, 0.6) is 0 Å². The molecule has 0 aliphatic heterocycles. The topological polar surface area (TPSA) is 92.2 Å². The van der Waals surface area contributed by atoms with Crippen molar-refractivity contribution >= 4 is 22.6 Å². The summed E-state index contributed by atoms with van der Waals surface area (Å²) >= 11 is 0. The Hall–Kier alpha value is -2.96. The molecule has 3 heterocycles. The van der Waals surface area contributed by atoms with Gasteiger partial charge in [0.1, 0.15) is 16.8 Å². The van der Waals surface area contributed by atoms with E-state index >= 15 is 0 Å². The number of hydrogen-bond acceptors (Lipinski definition) is 4. The van der Waals surface area contributed by atoms with Crippen molar-refractivity contribution in [3.8, 4) is 0 Å². The third-order valence-corrected chi connectivity index (χ3v) is 6.29. The number of pyridine rings is 2. The van der Waals surface area contributed by atoms with Crippen LogP contribution in [0.2, 0.25) is 0 Å². The van der Waals surface area contributed by atoms with E-state index in [-0.39, 0.29) is 34.6 Å². The zero-order chi connectivity index (χ0) is 21.4. The van der Waals surface area contributed by atoms with Gasteiger partial charge < -0.3 is 9.88 Å². The van der Waals surface area contributed by atoms with E-state index in [0.717, 1.165) is 37.7 Å². The van der Waals surface area contributed by atoms with Crippen molar-refractivity contribution in [3.63, 3.8) is 0 Å². The molecule has 0 unspecified atom stereocenters. The van der Waals surface area contributed by atoms with E-state index in [0.29, 0.717) is 16.7 Å². The molecule has 1 aliphatic carbocycles. The third kappa shape index (κ3) is 3.42. The van der Waals surface area contributed by atoms with Crippen LogP contribution in [-0.4, -0.2) is 25.9 Å². The SMILES string of the molecule is CC[C@H](C)n1c(=N)c(C(=O)NC2CCCCC2)cc2c(=O)n3cccc(C)c3nc21. The maximum atomic E-state index is 13.3. The zero-order valence-corrected chi connectivity index (χ0v) is 17.9. The van der Waals surface area contributed by atoms with E-state index in [9.17, 15) is 9.59 Å². The summed E-state index contributed by atoms with van der Waals surface area (Å²) in [7, 11) is 0. The molecule has 0 aromatic carbocycles. The molecule has 7 heteroatoms. The van der Waals surface area contributed by atoms with E-state index in [2.05, 4.69) is 5.32 Å². The second kappa shape index (κ2) is 8.05. The molecular formula is C23H29N5O2. The molecule has 3 aromatic heterocycles. The minimum Gasteiger partial charge on any atom is -0.349 e. The van der Waals surface area contributed by atoms with Gasteiger partial charge in [0.15, 0.2) is 0 Å². The zero-order valence-electron chi connectivity index (χ0n) is 17.9. The van der Waals surface area contributed by atoms with Crippen molar-refractivity contribution in [2.75, 3.05) is 0 Å². The second-order valence-corrected chi connectivity index (χ2v) is 8.38. The predicted molar refractivity (Wildman–Crippen MR) is 117 cm³/mol. The van der Waals surface area contributed by atoms with E-state index in [4.69, 9.17) is 10.4 Å². The van der Waals surface area contributed by atoms with Gasteiger partial charge in [-0.15, -0.1) is 0 Å². The summed E-state index contributed by atoms with van der Waals surface area (Å²) in [6.07, 6.45) is 7.81. The summed E-state index contributed by atoms with van der Waals surface area (Å²) in [5.41, 5.74) is 2.05. The van der Waals surface area contributed by atoms with Gasteiger partial charge in [0, 0.05) is 18.3 Å². The molecule has 0 spiro atoms. The van der Waals surface area contributed by atoms with Crippen LogP contribution in [0, 0.1) is 12.3 Å². The smallest absolute Gasteiger partial charge is 0.267 e. The summed E-state index contributed by atoms with van der Waals surface area (Å²) in [5.74, 6) is -0.278. The van der Waals surface area contributed by atoms with Crippen molar-refractivity contribution in [3.05, 3.63) is 51.4 Å². The standard InChI is InChI=1S/C23H29N5O2/c1-4-15(3)28-19(24)17(22(29)25-16-10-6-5-7-11-16)13-18-21(28)26-20-14(2)9-8-12-27(20)23(18)30/h8-9,12-13,15-16,24H,4-7,10-11H2,1-3H3,(H,25,29)/t15-/m0/s1. The summed E-state index contributed by atoms with van der Waals surface area (Å²) in [4.78, 5) is 31.2. The molecule has 0 bridgehead atoms. The quantitative estimate of drug-likeness (QED) is 0.649. The molecule has 2 N–H and O–H groups in total. The number of amides is 1. The Morgan fingerprint density at radius 3 is 2.73 bits per heavy atom. The Kier molecular flexibility index (Phi) is 5.45. The number of hydrogen-bond donors (Lipinski definition) is 2. The van der Waals surface area contributed by atoms with Gasteiger partial charge in [-0.25, -0.2) is 4.98 Å². The molecule has 3 aromatic rings. The lowest BCUT2D eigenvalue weighted by atomic mass is 9.95. The van der Waals surface area contributed by atoms with Crippen LogP contribution in [0.25, 0.3) is 16.7 Å². The molecule has 1 fully saturated rings. The van der Waals surface area contributed by atoms with Crippen LogP contribution in [-0.2, 0) is 0 Å². The first-order chi connectivity index (χ1) is 14.4. The van der Waals surface area contributed by atoms with Crippen molar-refractivity contribution in [2.24, 2.45) is 0 Å². The Morgan fingerprint density at radius 1 is 1.30 bits per heavy atom. The Morgan fingerprint density at radius 2 is 2.03 bits per heavy atom. The maximum Gasteiger partial charge on any atom is 0.267 e. The Balaban J connectivity index is 1.96. The summed E-state index contributed by atoms with van der Waals surface area (Å²) < 4.78 is 3.25. The Bertz CT molecular complexity index is 1230. The molecular weight excluding hydrogens is 378 g/mol. The van der Waals surface area contributed by atoms with Gasteiger partial charge in [-0.1, -0.05) is 32.3 Å². The van der Waals surface area contributed by atoms with Gasteiger partial charge in [-0.2, -0.15) is 0 Å². The minimum absolute atomic E-state index is 0.0687. The number of nitrogens with zero attached hydrogens (tertiary/aromatic N) is 3. The fourth-order valence-corrected chi connectivity index (χ4v) is 4.35. The van der Waals surface area contributed by atoms with Crippen LogP contribution < -0.4 is 16.4 Å². The van der Waals surface area contributed by atoms with Gasteiger partial charge in [0.25, 0.3) is 11.5 Å². The number of aryl methyl sites for hydroxylation is 1. The average molecular weight is 408 g/mol.